The summed E-state index contributed by atoms with van der Waals surface area (Å²) in [6.07, 6.45) is 0. The van der Waals surface area contributed by atoms with Crippen LogP contribution in [0.4, 0.5) is 11.4 Å². The number of anilines is 2. The van der Waals surface area contributed by atoms with Crippen molar-refractivity contribution in [1.82, 2.24) is 0 Å². The molecule has 1 aromatic carbocycles. The molecule has 1 radical (unpaired) electrons. The summed E-state index contributed by atoms with van der Waals surface area (Å²) in [6.45, 7) is 0. The molecule has 0 aromatic heterocycles. The average molecular weight is 142 g/mol. The first-order chi connectivity index (χ1) is 4.20. The highest BCUT2D eigenvalue weighted by Gasteiger charge is 1.92. The molecule has 0 aliphatic heterocycles. The summed E-state index contributed by atoms with van der Waals surface area (Å²) in [6, 6.07) is 5.82. The van der Waals surface area contributed by atoms with Gasteiger partial charge in [0, 0.05) is 6.07 Å². The Kier molecular flexibility index (Phi) is 1.49. The van der Waals surface area contributed by atoms with Gasteiger partial charge in [-0.15, -0.1) is 0 Å². The Hall–Kier alpha value is -0.890. The third-order valence-corrected chi connectivity index (χ3v) is 1.20. The van der Waals surface area contributed by atoms with Gasteiger partial charge in [-0.25, -0.2) is 0 Å². The van der Waals surface area contributed by atoms with Crippen LogP contribution in [0, 0.1) is 6.07 Å². The topological polar surface area (TPSA) is 52.0 Å². The predicted molar refractivity (Wildman–Crippen MR) is 39.1 cm³/mol. The maximum absolute atomic E-state index is 5.53. The highest BCUT2D eigenvalue weighted by Crippen LogP contribution is 2.18. The van der Waals surface area contributed by atoms with Gasteiger partial charge in [-0.3, -0.25) is 0 Å². The zero-order chi connectivity index (χ0) is 6.85. The van der Waals surface area contributed by atoms with Crippen molar-refractivity contribution in [3.8, 4) is 0 Å². The summed E-state index contributed by atoms with van der Waals surface area (Å²) in [4.78, 5) is 0. The Bertz CT molecular complexity index is 222. The monoisotopic (exact) mass is 141 g/mol. The van der Waals surface area contributed by atoms with Gasteiger partial charge in [0.2, 0.25) is 0 Å². The highest BCUT2D eigenvalue weighted by molar-refractivity contribution is 6.30. The molecule has 0 aliphatic rings. The molecular formula is C6H6ClN2. The van der Waals surface area contributed by atoms with E-state index in [4.69, 9.17) is 23.1 Å². The normalized spacial score (nSPS) is 9.44. The molecule has 0 atom stereocenters. The van der Waals surface area contributed by atoms with Crippen LogP contribution in [0.1, 0.15) is 0 Å². The number of nitrogen functional groups attached to an aromatic ring is 2. The first-order valence-electron chi connectivity index (χ1n) is 2.42. The molecule has 47 valence electrons. The van der Waals surface area contributed by atoms with Gasteiger partial charge in [0.25, 0.3) is 0 Å². The molecule has 0 fully saturated rings. The van der Waals surface area contributed by atoms with E-state index >= 15 is 0 Å². The molecule has 2 nitrogen and oxygen atoms in total. The van der Waals surface area contributed by atoms with E-state index in [1.165, 1.54) is 0 Å². The summed E-state index contributed by atoms with van der Waals surface area (Å²) in [5.74, 6) is 0. The summed E-state index contributed by atoms with van der Waals surface area (Å²) in [5, 5.41) is 0.488. The minimum absolute atomic E-state index is 0.488. The fourth-order valence-corrected chi connectivity index (χ4v) is 0.664. The number of benzene rings is 1. The van der Waals surface area contributed by atoms with E-state index in [0.717, 1.165) is 0 Å². The van der Waals surface area contributed by atoms with Crippen LogP contribution in [0.5, 0.6) is 0 Å². The van der Waals surface area contributed by atoms with Gasteiger partial charge in [0.15, 0.2) is 0 Å². The second-order valence-electron chi connectivity index (χ2n) is 1.69. The molecule has 0 unspecified atom stereocenters. The van der Waals surface area contributed by atoms with E-state index < -0.39 is 0 Å². The van der Waals surface area contributed by atoms with Crippen molar-refractivity contribution in [2.45, 2.75) is 0 Å². The third-order valence-electron chi connectivity index (χ3n) is 0.981. The predicted octanol–water partition coefficient (Wildman–Crippen LogP) is 1.30. The van der Waals surface area contributed by atoms with Crippen molar-refractivity contribution in [3.05, 3.63) is 23.2 Å². The van der Waals surface area contributed by atoms with Gasteiger partial charge >= 0.3 is 0 Å². The van der Waals surface area contributed by atoms with Gasteiger partial charge in [-0.1, -0.05) is 11.6 Å². The van der Waals surface area contributed by atoms with Crippen LogP contribution in [0.15, 0.2) is 12.1 Å². The van der Waals surface area contributed by atoms with Crippen LogP contribution < -0.4 is 11.5 Å². The van der Waals surface area contributed by atoms with Gasteiger partial charge in [0.1, 0.15) is 0 Å². The quantitative estimate of drug-likeness (QED) is 0.536. The van der Waals surface area contributed by atoms with E-state index in [1.807, 2.05) is 0 Å². The number of nitrogens with two attached hydrogens (primary N) is 2. The molecule has 0 saturated heterocycles. The molecule has 9 heavy (non-hydrogen) atoms. The molecule has 0 spiro atoms. The van der Waals surface area contributed by atoms with Crippen molar-refractivity contribution in [1.29, 1.82) is 0 Å². The molecule has 0 heterocycles. The summed E-state index contributed by atoms with van der Waals surface area (Å²) < 4.78 is 0. The second kappa shape index (κ2) is 2.15. The van der Waals surface area contributed by atoms with Crippen LogP contribution in [0.3, 0.4) is 0 Å². The first kappa shape index (κ1) is 6.23. The van der Waals surface area contributed by atoms with Gasteiger partial charge < -0.3 is 11.5 Å². The molecule has 4 N–H and O–H groups in total. The van der Waals surface area contributed by atoms with Crippen LogP contribution in [-0.4, -0.2) is 0 Å². The van der Waals surface area contributed by atoms with Crippen molar-refractivity contribution < 1.29 is 0 Å². The minimum Gasteiger partial charge on any atom is -0.397 e. The SMILES string of the molecule is Nc1c[c]c(Cl)cc1N. The van der Waals surface area contributed by atoms with Crippen molar-refractivity contribution in [3.63, 3.8) is 0 Å². The number of hydrogen-bond acceptors (Lipinski definition) is 2. The lowest BCUT2D eigenvalue weighted by molar-refractivity contribution is 1.65. The van der Waals surface area contributed by atoms with Crippen LogP contribution in [-0.2, 0) is 0 Å². The molecule has 0 amide bonds. The van der Waals surface area contributed by atoms with Gasteiger partial charge in [0.05, 0.1) is 16.4 Å². The van der Waals surface area contributed by atoms with Crippen LogP contribution >= 0.6 is 11.6 Å². The Balaban J connectivity index is 3.17. The Morgan fingerprint density at radius 2 is 2.00 bits per heavy atom. The smallest absolute Gasteiger partial charge is 0.0563 e. The molecule has 0 saturated carbocycles. The fraction of sp³-hybridized carbons (Fsp3) is 0. The van der Waals surface area contributed by atoms with E-state index in [2.05, 4.69) is 6.07 Å². The Labute approximate surface area is 58.4 Å². The third kappa shape index (κ3) is 1.27. The van der Waals surface area contributed by atoms with Gasteiger partial charge in [-0.2, -0.15) is 0 Å². The molecular weight excluding hydrogens is 136 g/mol. The number of hydrogen-bond donors (Lipinski definition) is 2. The lowest BCUT2D eigenvalue weighted by Crippen LogP contribution is -1.92. The molecule has 3 heteroatoms. The fourth-order valence-electron chi connectivity index (χ4n) is 0.492. The lowest BCUT2D eigenvalue weighted by Gasteiger charge is -1.96. The van der Waals surface area contributed by atoms with E-state index in [-0.39, 0.29) is 0 Å². The summed E-state index contributed by atoms with van der Waals surface area (Å²) in [7, 11) is 0. The van der Waals surface area contributed by atoms with E-state index in [9.17, 15) is 0 Å². The minimum atomic E-state index is 0.488. The van der Waals surface area contributed by atoms with Crippen molar-refractivity contribution in [2.75, 3.05) is 11.5 Å². The molecule has 1 rings (SSSR count). The Morgan fingerprint density at radius 3 is 2.44 bits per heavy atom. The lowest BCUT2D eigenvalue weighted by atomic mass is 10.3. The number of halogens is 1. The average Bonchev–Trinajstić information content (AvgIpc) is 1.80. The number of rotatable bonds is 0. The summed E-state index contributed by atoms with van der Waals surface area (Å²) >= 11 is 5.53. The zero-order valence-corrected chi connectivity index (χ0v) is 5.44. The molecule has 0 aliphatic carbocycles. The summed E-state index contributed by atoms with van der Waals surface area (Å²) in [5.41, 5.74) is 11.8. The van der Waals surface area contributed by atoms with Crippen molar-refractivity contribution in [2.24, 2.45) is 0 Å². The zero-order valence-electron chi connectivity index (χ0n) is 4.69. The van der Waals surface area contributed by atoms with Crippen LogP contribution in [0.2, 0.25) is 5.02 Å². The van der Waals surface area contributed by atoms with E-state index in [1.54, 1.807) is 12.1 Å². The molecule has 1 aromatic rings. The largest absolute Gasteiger partial charge is 0.397 e. The van der Waals surface area contributed by atoms with Crippen molar-refractivity contribution >= 4 is 23.0 Å². The van der Waals surface area contributed by atoms with Gasteiger partial charge in [-0.05, 0) is 12.1 Å². The highest BCUT2D eigenvalue weighted by atomic mass is 35.5. The Morgan fingerprint density at radius 1 is 1.33 bits per heavy atom. The maximum atomic E-state index is 5.53. The second-order valence-corrected chi connectivity index (χ2v) is 2.10. The first-order valence-corrected chi connectivity index (χ1v) is 2.80. The van der Waals surface area contributed by atoms with E-state index in [0.29, 0.717) is 16.4 Å². The maximum Gasteiger partial charge on any atom is 0.0563 e. The molecule has 0 bridgehead atoms. The van der Waals surface area contributed by atoms with Crippen LogP contribution in [0.25, 0.3) is 0 Å². The standard InChI is InChI=1S/C6H6ClN2/c7-4-1-2-5(8)6(9)3-4/h2-3H,8-9H2.